The minimum Gasteiger partial charge on any atom is -0.313 e. The van der Waals surface area contributed by atoms with Gasteiger partial charge in [-0.2, -0.15) is 0 Å². The highest BCUT2D eigenvalue weighted by Crippen LogP contribution is 2.30. The van der Waals surface area contributed by atoms with Gasteiger partial charge in [-0.25, -0.2) is 0 Å². The molecule has 2 unspecified atom stereocenters. The van der Waals surface area contributed by atoms with Crippen LogP contribution in [0, 0.1) is 11.8 Å². The van der Waals surface area contributed by atoms with Gasteiger partial charge in [0.05, 0.1) is 0 Å². The Morgan fingerprint density at radius 2 is 2.06 bits per heavy atom. The summed E-state index contributed by atoms with van der Waals surface area (Å²) in [5.74, 6) is 1.76. The van der Waals surface area contributed by atoms with Crippen molar-refractivity contribution in [2.45, 2.75) is 71.3 Å². The predicted octanol–water partition coefficient (Wildman–Crippen LogP) is 4.29. The molecule has 17 heavy (non-hydrogen) atoms. The third-order valence-corrected chi connectivity index (χ3v) is 4.66. The van der Waals surface area contributed by atoms with Crippen molar-refractivity contribution in [1.82, 2.24) is 5.32 Å². The molecule has 2 rings (SSSR count). The highest BCUT2D eigenvalue weighted by atomic mass is 14.9. The van der Waals surface area contributed by atoms with Crippen molar-refractivity contribution in [3.05, 3.63) is 11.6 Å². The quantitative estimate of drug-likeness (QED) is 0.701. The summed E-state index contributed by atoms with van der Waals surface area (Å²) in [7, 11) is 0. The first-order valence-corrected chi connectivity index (χ1v) is 7.68. The fourth-order valence-electron chi connectivity index (χ4n) is 3.59. The van der Waals surface area contributed by atoms with E-state index in [2.05, 4.69) is 25.2 Å². The van der Waals surface area contributed by atoms with E-state index in [0.717, 1.165) is 17.9 Å². The highest BCUT2D eigenvalue weighted by molar-refractivity contribution is 5.07. The number of allylic oxidation sites excluding steroid dienone is 1. The molecule has 0 aromatic heterocycles. The summed E-state index contributed by atoms with van der Waals surface area (Å²) in [6.07, 6.45) is 13.6. The summed E-state index contributed by atoms with van der Waals surface area (Å²) < 4.78 is 0. The van der Waals surface area contributed by atoms with E-state index in [1.54, 1.807) is 5.57 Å². The van der Waals surface area contributed by atoms with Crippen LogP contribution in [0.3, 0.4) is 0 Å². The van der Waals surface area contributed by atoms with E-state index >= 15 is 0 Å². The van der Waals surface area contributed by atoms with Crippen LogP contribution >= 0.6 is 0 Å². The summed E-state index contributed by atoms with van der Waals surface area (Å²) in [5, 5.41) is 3.84. The standard InChI is InChI=1S/C16H29N/c1-13(2)15-9-5-6-10-16(15)17-12-11-14-7-3-4-8-14/h7,13,15-17H,3-6,8-12H2,1-2H3. The van der Waals surface area contributed by atoms with Crippen molar-refractivity contribution in [2.75, 3.05) is 6.54 Å². The van der Waals surface area contributed by atoms with Gasteiger partial charge in [0.2, 0.25) is 0 Å². The molecule has 0 bridgehead atoms. The van der Waals surface area contributed by atoms with Gasteiger partial charge in [0, 0.05) is 6.04 Å². The van der Waals surface area contributed by atoms with Gasteiger partial charge in [-0.3, -0.25) is 0 Å². The minimum absolute atomic E-state index is 0.797. The lowest BCUT2D eigenvalue weighted by Gasteiger charge is -2.35. The van der Waals surface area contributed by atoms with Gasteiger partial charge in [-0.15, -0.1) is 0 Å². The summed E-state index contributed by atoms with van der Waals surface area (Å²) in [6.45, 7) is 5.99. The van der Waals surface area contributed by atoms with Crippen molar-refractivity contribution < 1.29 is 0 Å². The molecule has 1 fully saturated rings. The molecule has 0 heterocycles. The fourth-order valence-corrected chi connectivity index (χ4v) is 3.59. The van der Waals surface area contributed by atoms with Crippen molar-refractivity contribution in [2.24, 2.45) is 11.8 Å². The normalized spacial score (nSPS) is 29.7. The molecule has 1 N–H and O–H groups in total. The summed E-state index contributed by atoms with van der Waals surface area (Å²) >= 11 is 0. The van der Waals surface area contributed by atoms with Crippen LogP contribution in [0.1, 0.15) is 65.2 Å². The van der Waals surface area contributed by atoms with Crippen LogP contribution in [-0.4, -0.2) is 12.6 Å². The monoisotopic (exact) mass is 235 g/mol. The van der Waals surface area contributed by atoms with Gasteiger partial charge in [0.25, 0.3) is 0 Å². The first-order chi connectivity index (χ1) is 8.27. The maximum Gasteiger partial charge on any atom is 0.00978 e. The smallest absolute Gasteiger partial charge is 0.00978 e. The molecule has 0 spiro atoms. The second-order valence-electron chi connectivity index (χ2n) is 6.26. The zero-order chi connectivity index (χ0) is 12.1. The summed E-state index contributed by atoms with van der Waals surface area (Å²) in [6, 6.07) is 0.797. The van der Waals surface area contributed by atoms with Gasteiger partial charge in [-0.1, -0.05) is 38.3 Å². The first kappa shape index (κ1) is 13.1. The molecule has 2 aliphatic rings. The topological polar surface area (TPSA) is 12.0 Å². The van der Waals surface area contributed by atoms with Crippen LogP contribution in [0.2, 0.25) is 0 Å². The average Bonchev–Trinajstić information content (AvgIpc) is 2.82. The highest BCUT2D eigenvalue weighted by Gasteiger charge is 2.26. The van der Waals surface area contributed by atoms with Crippen LogP contribution in [0.15, 0.2) is 11.6 Å². The Kier molecular flexibility index (Phi) is 5.09. The lowest BCUT2D eigenvalue weighted by Crippen LogP contribution is -2.41. The molecule has 0 aliphatic heterocycles. The summed E-state index contributed by atoms with van der Waals surface area (Å²) in [5.41, 5.74) is 1.70. The average molecular weight is 235 g/mol. The van der Waals surface area contributed by atoms with E-state index < -0.39 is 0 Å². The maximum atomic E-state index is 3.84. The molecule has 1 saturated carbocycles. The van der Waals surface area contributed by atoms with Crippen LogP contribution in [0.4, 0.5) is 0 Å². The zero-order valence-electron chi connectivity index (χ0n) is 11.7. The molecule has 1 heteroatoms. The predicted molar refractivity (Wildman–Crippen MR) is 75.1 cm³/mol. The van der Waals surface area contributed by atoms with E-state index in [-0.39, 0.29) is 0 Å². The molecule has 1 nitrogen and oxygen atoms in total. The van der Waals surface area contributed by atoms with Crippen molar-refractivity contribution in [3.8, 4) is 0 Å². The van der Waals surface area contributed by atoms with Crippen LogP contribution in [-0.2, 0) is 0 Å². The van der Waals surface area contributed by atoms with Crippen molar-refractivity contribution in [1.29, 1.82) is 0 Å². The lowest BCUT2D eigenvalue weighted by atomic mass is 9.78. The Balaban J connectivity index is 1.72. The Bertz CT molecular complexity index is 254. The molecular formula is C16H29N. The third kappa shape index (κ3) is 3.84. The lowest BCUT2D eigenvalue weighted by molar-refractivity contribution is 0.206. The van der Waals surface area contributed by atoms with Gasteiger partial charge < -0.3 is 5.32 Å². The fraction of sp³-hybridized carbons (Fsp3) is 0.875. The van der Waals surface area contributed by atoms with Crippen molar-refractivity contribution >= 4 is 0 Å². The van der Waals surface area contributed by atoms with Crippen LogP contribution in [0.25, 0.3) is 0 Å². The second-order valence-corrected chi connectivity index (χ2v) is 6.26. The third-order valence-electron chi connectivity index (χ3n) is 4.66. The summed E-state index contributed by atoms with van der Waals surface area (Å²) in [4.78, 5) is 0. The zero-order valence-corrected chi connectivity index (χ0v) is 11.7. The van der Waals surface area contributed by atoms with E-state index in [9.17, 15) is 0 Å². The Morgan fingerprint density at radius 3 is 2.76 bits per heavy atom. The van der Waals surface area contributed by atoms with E-state index in [1.807, 2.05) is 0 Å². The van der Waals surface area contributed by atoms with E-state index in [1.165, 1.54) is 57.9 Å². The molecular weight excluding hydrogens is 206 g/mol. The first-order valence-electron chi connectivity index (χ1n) is 7.68. The molecule has 0 aromatic carbocycles. The molecule has 98 valence electrons. The largest absolute Gasteiger partial charge is 0.313 e. The molecule has 2 atom stereocenters. The number of hydrogen-bond donors (Lipinski definition) is 1. The van der Waals surface area contributed by atoms with Gasteiger partial charge >= 0.3 is 0 Å². The van der Waals surface area contributed by atoms with E-state index in [0.29, 0.717) is 0 Å². The molecule has 0 aromatic rings. The Labute approximate surface area is 107 Å². The SMILES string of the molecule is CC(C)C1CCCCC1NCCC1=CCCC1. The van der Waals surface area contributed by atoms with Crippen molar-refractivity contribution in [3.63, 3.8) is 0 Å². The minimum atomic E-state index is 0.797. The van der Waals surface area contributed by atoms with Crippen LogP contribution < -0.4 is 5.32 Å². The molecule has 0 saturated heterocycles. The Hall–Kier alpha value is -0.300. The molecule has 0 amide bonds. The number of rotatable bonds is 5. The van der Waals surface area contributed by atoms with Gasteiger partial charge in [0.1, 0.15) is 0 Å². The van der Waals surface area contributed by atoms with Crippen LogP contribution in [0.5, 0.6) is 0 Å². The molecule has 0 radical (unpaired) electrons. The molecule has 2 aliphatic carbocycles. The number of hydrogen-bond acceptors (Lipinski definition) is 1. The number of nitrogens with one attached hydrogen (secondary N) is 1. The van der Waals surface area contributed by atoms with Gasteiger partial charge in [-0.05, 0) is 56.9 Å². The van der Waals surface area contributed by atoms with Gasteiger partial charge in [0.15, 0.2) is 0 Å². The maximum absolute atomic E-state index is 3.84. The van der Waals surface area contributed by atoms with E-state index in [4.69, 9.17) is 0 Å². The second kappa shape index (κ2) is 6.58. The Morgan fingerprint density at radius 1 is 1.24 bits per heavy atom.